The maximum Gasteiger partial charge on any atom is 0.311 e. The highest BCUT2D eigenvalue weighted by atomic mass is 16.6. The molecule has 2 aromatic rings. The number of aromatic amines is 1. The quantitative estimate of drug-likeness (QED) is 0.338. The summed E-state index contributed by atoms with van der Waals surface area (Å²) in [5, 5.41) is 4.81. The van der Waals surface area contributed by atoms with Crippen molar-refractivity contribution in [2.45, 2.75) is 63.8 Å². The zero-order chi connectivity index (χ0) is 20.7. The van der Waals surface area contributed by atoms with E-state index < -0.39 is 0 Å². The van der Waals surface area contributed by atoms with Gasteiger partial charge in [0, 0.05) is 29.6 Å². The number of ether oxygens (including phenoxy) is 2. The van der Waals surface area contributed by atoms with Gasteiger partial charge in [0.15, 0.2) is 0 Å². The van der Waals surface area contributed by atoms with Gasteiger partial charge in [-0.05, 0) is 64.1 Å². The SMILES string of the molecule is CC1=CCC[C@@]2(C)O[C@H]2[C@H]2OC(=O)[C@@H](CNCCc3c[nH]c4ccccc34)[C@@H]2CC1. The van der Waals surface area contributed by atoms with Gasteiger partial charge in [0.1, 0.15) is 12.2 Å². The molecule has 5 rings (SSSR count). The highest BCUT2D eigenvalue weighted by Gasteiger charge is 2.62. The third kappa shape index (κ3) is 3.69. The van der Waals surface area contributed by atoms with Crippen molar-refractivity contribution in [3.63, 3.8) is 0 Å². The fourth-order valence-corrected chi connectivity index (χ4v) is 5.39. The van der Waals surface area contributed by atoms with Crippen molar-refractivity contribution in [3.05, 3.63) is 47.7 Å². The van der Waals surface area contributed by atoms with E-state index >= 15 is 0 Å². The zero-order valence-electron chi connectivity index (χ0n) is 17.9. The molecule has 5 nitrogen and oxygen atoms in total. The van der Waals surface area contributed by atoms with Gasteiger partial charge in [0.2, 0.25) is 0 Å². The fraction of sp³-hybridized carbons (Fsp3) is 0.560. The maximum absolute atomic E-state index is 12.7. The molecule has 3 aliphatic rings. The monoisotopic (exact) mass is 408 g/mol. The molecule has 5 atom stereocenters. The van der Waals surface area contributed by atoms with Crippen LogP contribution in [0.5, 0.6) is 0 Å². The average molecular weight is 409 g/mol. The Hall–Kier alpha value is -2.11. The number of carbonyl (C=O) groups excluding carboxylic acids is 1. The molecule has 2 saturated heterocycles. The molecule has 0 unspecified atom stereocenters. The third-order valence-electron chi connectivity index (χ3n) is 7.35. The van der Waals surface area contributed by atoms with Crippen LogP contribution in [0.1, 0.15) is 45.1 Å². The second-order valence-electron chi connectivity index (χ2n) is 9.46. The molecule has 1 aliphatic carbocycles. The highest BCUT2D eigenvalue weighted by Crippen LogP contribution is 2.50. The first-order chi connectivity index (χ1) is 14.5. The Bertz CT molecular complexity index is 964. The summed E-state index contributed by atoms with van der Waals surface area (Å²) in [4.78, 5) is 16.1. The van der Waals surface area contributed by atoms with Crippen LogP contribution in [0.4, 0.5) is 0 Å². The van der Waals surface area contributed by atoms with Crippen molar-refractivity contribution in [1.82, 2.24) is 10.3 Å². The lowest BCUT2D eigenvalue weighted by Gasteiger charge is -2.22. The molecule has 160 valence electrons. The van der Waals surface area contributed by atoms with Gasteiger partial charge in [0.25, 0.3) is 0 Å². The van der Waals surface area contributed by atoms with Gasteiger partial charge < -0.3 is 19.8 Å². The largest absolute Gasteiger partial charge is 0.459 e. The minimum absolute atomic E-state index is 0.0525. The van der Waals surface area contributed by atoms with E-state index in [0.717, 1.165) is 38.6 Å². The van der Waals surface area contributed by atoms with Crippen molar-refractivity contribution in [2.24, 2.45) is 11.8 Å². The molecule has 0 bridgehead atoms. The number of aromatic nitrogens is 1. The number of hydrogen-bond donors (Lipinski definition) is 2. The van der Waals surface area contributed by atoms with E-state index in [1.807, 2.05) is 6.07 Å². The minimum Gasteiger partial charge on any atom is -0.459 e. The molecule has 2 N–H and O–H groups in total. The number of epoxide rings is 1. The molecule has 1 aromatic carbocycles. The van der Waals surface area contributed by atoms with E-state index in [1.54, 1.807) is 0 Å². The van der Waals surface area contributed by atoms with Crippen LogP contribution >= 0.6 is 0 Å². The second kappa shape index (κ2) is 7.86. The van der Waals surface area contributed by atoms with Crippen LogP contribution in [0.3, 0.4) is 0 Å². The molecule has 3 heterocycles. The Balaban J connectivity index is 1.22. The molecule has 1 aromatic heterocycles. The summed E-state index contributed by atoms with van der Waals surface area (Å²) in [5.41, 5.74) is 3.77. The molecule has 2 fully saturated rings. The predicted molar refractivity (Wildman–Crippen MR) is 117 cm³/mol. The number of benzene rings is 1. The molecule has 0 radical (unpaired) electrons. The van der Waals surface area contributed by atoms with E-state index in [9.17, 15) is 4.79 Å². The van der Waals surface area contributed by atoms with Gasteiger partial charge in [-0.3, -0.25) is 4.79 Å². The van der Waals surface area contributed by atoms with Gasteiger partial charge in [-0.15, -0.1) is 0 Å². The van der Waals surface area contributed by atoms with E-state index in [1.165, 1.54) is 22.0 Å². The predicted octanol–water partition coefficient (Wildman–Crippen LogP) is 4.14. The number of allylic oxidation sites excluding steroid dienone is 2. The summed E-state index contributed by atoms with van der Waals surface area (Å²) >= 11 is 0. The number of para-hydroxylation sites is 1. The first-order valence-corrected chi connectivity index (χ1v) is 11.3. The van der Waals surface area contributed by atoms with Crippen LogP contribution in [-0.2, 0) is 20.7 Å². The number of nitrogens with one attached hydrogen (secondary N) is 2. The van der Waals surface area contributed by atoms with Gasteiger partial charge in [-0.25, -0.2) is 0 Å². The number of fused-ring (bicyclic) bond motifs is 4. The summed E-state index contributed by atoms with van der Waals surface area (Å²) in [7, 11) is 0. The second-order valence-corrected chi connectivity index (χ2v) is 9.46. The Kier molecular flexibility index (Phi) is 5.19. The smallest absolute Gasteiger partial charge is 0.311 e. The van der Waals surface area contributed by atoms with Crippen molar-refractivity contribution in [2.75, 3.05) is 13.1 Å². The fourth-order valence-electron chi connectivity index (χ4n) is 5.39. The average Bonchev–Trinajstić information content (AvgIpc) is 3.08. The number of rotatable bonds is 5. The first kappa shape index (κ1) is 19.8. The number of esters is 1. The lowest BCUT2D eigenvalue weighted by Crippen LogP contribution is -2.35. The third-order valence-corrected chi connectivity index (χ3v) is 7.35. The molecule has 2 aliphatic heterocycles. The Morgan fingerprint density at radius 2 is 2.17 bits per heavy atom. The standard InChI is InChI=1S/C25H32N2O3/c1-16-6-5-12-25(2)23(30-25)22-19(10-9-16)20(24(28)29-22)15-26-13-11-17-14-27-21-8-4-3-7-18(17)21/h3-4,6-8,14,19-20,22-23,26-27H,5,9-13,15H2,1-2H3/t19-,20-,22-,23-,25+/m0/s1. The molecule has 0 saturated carbocycles. The summed E-state index contributed by atoms with van der Waals surface area (Å²) in [6.45, 7) is 5.89. The Morgan fingerprint density at radius 1 is 1.30 bits per heavy atom. The van der Waals surface area contributed by atoms with Crippen LogP contribution in [0.25, 0.3) is 10.9 Å². The lowest BCUT2D eigenvalue weighted by molar-refractivity contribution is -0.144. The van der Waals surface area contributed by atoms with Gasteiger partial charge >= 0.3 is 5.97 Å². The molecule has 0 spiro atoms. The van der Waals surface area contributed by atoms with Crippen molar-refractivity contribution >= 4 is 16.9 Å². The summed E-state index contributed by atoms with van der Waals surface area (Å²) in [6.07, 6.45) is 9.42. The van der Waals surface area contributed by atoms with Crippen molar-refractivity contribution in [1.29, 1.82) is 0 Å². The van der Waals surface area contributed by atoms with Crippen LogP contribution in [-0.4, -0.2) is 41.9 Å². The van der Waals surface area contributed by atoms with Gasteiger partial charge in [-0.2, -0.15) is 0 Å². The topological polar surface area (TPSA) is 66.7 Å². The summed E-state index contributed by atoms with van der Waals surface area (Å²) < 4.78 is 12.0. The van der Waals surface area contributed by atoms with Gasteiger partial charge in [0.05, 0.1) is 11.5 Å². The van der Waals surface area contributed by atoms with Crippen molar-refractivity contribution < 1.29 is 14.3 Å². The van der Waals surface area contributed by atoms with E-state index in [-0.39, 0.29) is 35.6 Å². The van der Waals surface area contributed by atoms with E-state index in [2.05, 4.69) is 54.6 Å². The zero-order valence-corrected chi connectivity index (χ0v) is 17.9. The summed E-state index contributed by atoms with van der Waals surface area (Å²) in [5.74, 6) is 0.0910. The first-order valence-electron chi connectivity index (χ1n) is 11.3. The maximum atomic E-state index is 12.7. The highest BCUT2D eigenvalue weighted by molar-refractivity contribution is 5.83. The number of hydrogen-bond acceptors (Lipinski definition) is 4. The molecule has 0 amide bonds. The number of carbonyl (C=O) groups is 1. The van der Waals surface area contributed by atoms with Crippen LogP contribution < -0.4 is 5.32 Å². The van der Waals surface area contributed by atoms with Crippen molar-refractivity contribution in [3.8, 4) is 0 Å². The molecular formula is C25H32N2O3. The molecule has 30 heavy (non-hydrogen) atoms. The lowest BCUT2D eigenvalue weighted by atomic mass is 9.80. The Labute approximate surface area is 178 Å². The summed E-state index contributed by atoms with van der Waals surface area (Å²) in [6, 6.07) is 8.38. The van der Waals surface area contributed by atoms with E-state index in [4.69, 9.17) is 9.47 Å². The minimum atomic E-state index is -0.130. The van der Waals surface area contributed by atoms with Gasteiger partial charge in [-0.1, -0.05) is 29.8 Å². The normalized spacial score (nSPS) is 33.5. The Morgan fingerprint density at radius 3 is 3.07 bits per heavy atom. The molecule has 5 heteroatoms. The van der Waals surface area contributed by atoms with Crippen LogP contribution in [0, 0.1) is 11.8 Å². The molecular weight excluding hydrogens is 376 g/mol. The number of H-pyrrole nitrogens is 1. The van der Waals surface area contributed by atoms with Crippen LogP contribution in [0.15, 0.2) is 42.1 Å². The van der Waals surface area contributed by atoms with E-state index in [0.29, 0.717) is 6.54 Å². The van der Waals surface area contributed by atoms with Crippen LogP contribution in [0.2, 0.25) is 0 Å².